The molecular formula is C10H17N3S. The maximum Gasteiger partial charge on any atom is 0.0521 e. The molecule has 0 radical (unpaired) electrons. The Hall–Kier alpha value is -0.480. The molecule has 0 N–H and O–H groups in total. The van der Waals surface area contributed by atoms with E-state index in [0.717, 1.165) is 19.0 Å². The molecule has 1 aliphatic rings. The lowest BCUT2D eigenvalue weighted by Crippen LogP contribution is -2.27. The Bertz CT molecular complexity index is 289. The van der Waals surface area contributed by atoms with Crippen LogP contribution in [-0.4, -0.2) is 27.2 Å². The molecule has 78 valence electrons. The summed E-state index contributed by atoms with van der Waals surface area (Å²) in [7, 11) is 1.97. The van der Waals surface area contributed by atoms with Crippen LogP contribution in [0.2, 0.25) is 0 Å². The summed E-state index contributed by atoms with van der Waals surface area (Å²) in [5, 5.41) is 4.19. The zero-order chi connectivity index (χ0) is 9.97. The van der Waals surface area contributed by atoms with E-state index in [1.807, 2.05) is 17.9 Å². The van der Waals surface area contributed by atoms with E-state index >= 15 is 0 Å². The van der Waals surface area contributed by atoms with Crippen LogP contribution < -0.4 is 0 Å². The quantitative estimate of drug-likeness (QED) is 0.749. The highest BCUT2D eigenvalue weighted by molar-refractivity contribution is 7.77. The highest BCUT2D eigenvalue weighted by atomic mass is 32.1. The Kier molecular flexibility index (Phi) is 3.13. The van der Waals surface area contributed by atoms with Crippen molar-refractivity contribution in [2.75, 3.05) is 13.1 Å². The zero-order valence-electron chi connectivity index (χ0n) is 8.56. The van der Waals surface area contributed by atoms with E-state index < -0.39 is 0 Å². The van der Waals surface area contributed by atoms with Gasteiger partial charge in [0.05, 0.1) is 6.20 Å². The molecule has 14 heavy (non-hydrogen) atoms. The molecule has 4 heteroatoms. The zero-order valence-corrected chi connectivity index (χ0v) is 9.45. The summed E-state index contributed by atoms with van der Waals surface area (Å²) in [5.41, 5.74) is 1.37. The minimum atomic E-state index is 0.822. The minimum absolute atomic E-state index is 0.822. The fraction of sp³-hybridized carbons (Fsp3) is 0.700. The van der Waals surface area contributed by atoms with E-state index in [1.54, 1.807) is 0 Å². The molecule has 1 saturated heterocycles. The topological polar surface area (TPSA) is 21.1 Å². The second-order valence-electron chi connectivity index (χ2n) is 4.12. The van der Waals surface area contributed by atoms with Crippen molar-refractivity contribution in [1.82, 2.24) is 14.1 Å². The summed E-state index contributed by atoms with van der Waals surface area (Å²) < 4.78 is 3.99. The fourth-order valence-corrected chi connectivity index (χ4v) is 2.27. The highest BCUT2D eigenvalue weighted by Gasteiger charge is 2.17. The Labute approximate surface area is 90.6 Å². The smallest absolute Gasteiger partial charge is 0.0521 e. The number of rotatable bonds is 2. The molecule has 2 heterocycles. The Morgan fingerprint density at radius 1 is 1.50 bits per heavy atom. The third-order valence-electron chi connectivity index (χ3n) is 2.87. The van der Waals surface area contributed by atoms with Gasteiger partial charge in [0.2, 0.25) is 0 Å². The van der Waals surface area contributed by atoms with Gasteiger partial charge in [0.15, 0.2) is 0 Å². The van der Waals surface area contributed by atoms with E-state index in [9.17, 15) is 0 Å². The lowest BCUT2D eigenvalue weighted by molar-refractivity contribution is 0.293. The van der Waals surface area contributed by atoms with Gasteiger partial charge in [-0.25, -0.2) is 0 Å². The summed E-state index contributed by atoms with van der Waals surface area (Å²) in [6.45, 7) is 2.24. The van der Waals surface area contributed by atoms with Crippen molar-refractivity contribution >= 4 is 12.8 Å². The normalized spacial score (nSPS) is 20.1. The van der Waals surface area contributed by atoms with Gasteiger partial charge in [-0.1, -0.05) is 12.8 Å². The first kappa shape index (κ1) is 10.1. The Morgan fingerprint density at radius 3 is 2.79 bits per heavy atom. The van der Waals surface area contributed by atoms with Gasteiger partial charge in [0, 0.05) is 26.3 Å². The van der Waals surface area contributed by atoms with Crippen LogP contribution in [0.25, 0.3) is 0 Å². The molecule has 0 bridgehead atoms. The second kappa shape index (κ2) is 4.36. The van der Waals surface area contributed by atoms with Crippen molar-refractivity contribution in [2.24, 2.45) is 13.0 Å². The molecular weight excluding hydrogens is 194 g/mol. The Balaban J connectivity index is 1.86. The molecule has 3 nitrogen and oxygen atoms in total. The van der Waals surface area contributed by atoms with Crippen molar-refractivity contribution < 1.29 is 0 Å². The average Bonchev–Trinajstić information content (AvgIpc) is 2.56. The third-order valence-corrected chi connectivity index (χ3v) is 3.27. The predicted octanol–water partition coefficient (Wildman–Crippen LogP) is 1.52. The van der Waals surface area contributed by atoms with E-state index in [4.69, 9.17) is 0 Å². The molecule has 0 unspecified atom stereocenters. The molecule has 1 fully saturated rings. The molecule has 0 amide bonds. The van der Waals surface area contributed by atoms with Crippen molar-refractivity contribution in [3.8, 4) is 0 Å². The summed E-state index contributed by atoms with van der Waals surface area (Å²) in [6, 6.07) is 0. The summed E-state index contributed by atoms with van der Waals surface area (Å²) in [6.07, 6.45) is 7.80. The number of aromatic nitrogens is 2. The molecule has 0 saturated carbocycles. The van der Waals surface area contributed by atoms with Crippen molar-refractivity contribution in [2.45, 2.75) is 19.3 Å². The lowest BCUT2D eigenvalue weighted by Gasteiger charge is -2.27. The van der Waals surface area contributed by atoms with Crippen LogP contribution in [0.15, 0.2) is 12.4 Å². The van der Waals surface area contributed by atoms with Gasteiger partial charge in [-0.15, -0.1) is 0 Å². The molecule has 1 aromatic rings. The van der Waals surface area contributed by atoms with Crippen LogP contribution in [0.4, 0.5) is 0 Å². The van der Waals surface area contributed by atoms with Crippen LogP contribution in [0.1, 0.15) is 18.4 Å². The minimum Gasteiger partial charge on any atom is -0.276 e. The molecule has 1 aliphatic heterocycles. The standard InChI is InChI=1S/C10H17N3S/c1-12-8-10(7-11-12)6-9-2-4-13(14)5-3-9/h7-9,14H,2-6H2,1H3. The predicted molar refractivity (Wildman–Crippen MR) is 60.2 cm³/mol. The molecule has 0 spiro atoms. The monoisotopic (exact) mass is 211 g/mol. The van der Waals surface area contributed by atoms with E-state index in [2.05, 4.69) is 28.4 Å². The van der Waals surface area contributed by atoms with Gasteiger partial charge in [-0.2, -0.15) is 5.10 Å². The van der Waals surface area contributed by atoms with Gasteiger partial charge in [-0.05, 0) is 30.7 Å². The first-order valence-electron chi connectivity index (χ1n) is 5.15. The third kappa shape index (κ3) is 2.51. The maximum atomic E-state index is 4.35. The summed E-state index contributed by atoms with van der Waals surface area (Å²) >= 11 is 4.35. The van der Waals surface area contributed by atoms with Crippen LogP contribution in [-0.2, 0) is 13.5 Å². The molecule has 0 aliphatic carbocycles. The van der Waals surface area contributed by atoms with Gasteiger partial charge < -0.3 is 0 Å². The first-order valence-corrected chi connectivity index (χ1v) is 5.55. The van der Waals surface area contributed by atoms with Gasteiger partial charge in [-0.3, -0.25) is 8.99 Å². The van der Waals surface area contributed by atoms with Crippen LogP contribution in [0, 0.1) is 5.92 Å². The largest absolute Gasteiger partial charge is 0.276 e. The van der Waals surface area contributed by atoms with Gasteiger partial charge >= 0.3 is 0 Å². The lowest BCUT2D eigenvalue weighted by atomic mass is 9.92. The SMILES string of the molecule is Cn1cc(CC2CCN(S)CC2)cn1. The van der Waals surface area contributed by atoms with Crippen molar-refractivity contribution in [3.63, 3.8) is 0 Å². The molecule has 1 aromatic heterocycles. The average molecular weight is 211 g/mol. The summed E-state index contributed by atoms with van der Waals surface area (Å²) in [5.74, 6) is 0.822. The van der Waals surface area contributed by atoms with Crippen molar-refractivity contribution in [1.29, 1.82) is 0 Å². The molecule has 2 rings (SSSR count). The highest BCUT2D eigenvalue weighted by Crippen LogP contribution is 2.21. The van der Waals surface area contributed by atoms with Gasteiger partial charge in [0.1, 0.15) is 0 Å². The number of nitrogens with zero attached hydrogens (tertiary/aromatic N) is 3. The van der Waals surface area contributed by atoms with Gasteiger partial charge in [0.25, 0.3) is 0 Å². The first-order chi connectivity index (χ1) is 6.74. The van der Waals surface area contributed by atoms with Crippen molar-refractivity contribution in [3.05, 3.63) is 18.0 Å². The summed E-state index contributed by atoms with van der Waals surface area (Å²) in [4.78, 5) is 0. The van der Waals surface area contributed by atoms with Crippen LogP contribution in [0.5, 0.6) is 0 Å². The van der Waals surface area contributed by atoms with Crippen LogP contribution >= 0.6 is 12.8 Å². The van der Waals surface area contributed by atoms with E-state index in [-0.39, 0.29) is 0 Å². The fourth-order valence-electron chi connectivity index (χ4n) is 2.03. The number of thiol groups is 1. The molecule has 0 atom stereocenters. The number of hydrogen-bond acceptors (Lipinski definition) is 3. The number of piperidine rings is 1. The number of aryl methyl sites for hydroxylation is 1. The molecule has 0 aromatic carbocycles. The number of hydrogen-bond donors (Lipinski definition) is 1. The van der Waals surface area contributed by atoms with E-state index in [0.29, 0.717) is 0 Å². The second-order valence-corrected chi connectivity index (χ2v) is 4.69. The van der Waals surface area contributed by atoms with Crippen LogP contribution in [0.3, 0.4) is 0 Å². The maximum absolute atomic E-state index is 4.35. The van der Waals surface area contributed by atoms with E-state index in [1.165, 1.54) is 24.8 Å². The Morgan fingerprint density at radius 2 is 2.21 bits per heavy atom.